The minimum absolute atomic E-state index is 0.102. The monoisotopic (exact) mass is 394 g/mol. The van der Waals surface area contributed by atoms with Crippen LogP contribution in [0.3, 0.4) is 0 Å². The molecule has 4 rings (SSSR count). The van der Waals surface area contributed by atoms with E-state index in [1.54, 1.807) is 18.3 Å². The molecule has 1 atom stereocenters. The van der Waals surface area contributed by atoms with Crippen LogP contribution in [0.5, 0.6) is 5.75 Å². The second kappa shape index (κ2) is 8.86. The third-order valence-corrected chi connectivity index (χ3v) is 5.10. The van der Waals surface area contributed by atoms with Gasteiger partial charge in [-0.2, -0.15) is 5.10 Å². The Kier molecular flexibility index (Phi) is 5.84. The lowest BCUT2D eigenvalue weighted by Gasteiger charge is -2.15. The fraction of sp³-hybridized carbons (Fsp3) is 0.318. The average molecular weight is 394 g/mol. The molecular formula is C22H23FN4O2. The van der Waals surface area contributed by atoms with E-state index < -0.39 is 0 Å². The van der Waals surface area contributed by atoms with E-state index in [0.29, 0.717) is 31.7 Å². The molecule has 0 radical (unpaired) electrons. The molecule has 0 saturated carbocycles. The van der Waals surface area contributed by atoms with E-state index >= 15 is 0 Å². The molecule has 2 aromatic heterocycles. The van der Waals surface area contributed by atoms with Crippen LogP contribution in [0.4, 0.5) is 4.39 Å². The van der Waals surface area contributed by atoms with Crippen LogP contribution in [0.2, 0.25) is 0 Å². The highest BCUT2D eigenvalue weighted by molar-refractivity contribution is 5.78. The van der Waals surface area contributed by atoms with Crippen molar-refractivity contribution in [3.8, 4) is 5.75 Å². The largest absolute Gasteiger partial charge is 0.493 e. The van der Waals surface area contributed by atoms with Crippen molar-refractivity contribution in [3.05, 3.63) is 77.6 Å². The molecule has 0 aliphatic carbocycles. The molecule has 1 aliphatic heterocycles. The second-order valence-electron chi connectivity index (χ2n) is 7.20. The van der Waals surface area contributed by atoms with Gasteiger partial charge in [0.2, 0.25) is 5.91 Å². The summed E-state index contributed by atoms with van der Waals surface area (Å²) in [6.45, 7) is 1.85. The number of halogens is 1. The number of aromatic nitrogens is 3. The van der Waals surface area contributed by atoms with Crippen molar-refractivity contribution in [2.24, 2.45) is 0 Å². The summed E-state index contributed by atoms with van der Waals surface area (Å²) in [4.78, 5) is 18.6. The summed E-state index contributed by atoms with van der Waals surface area (Å²) in [6.07, 6.45) is 3.59. The third-order valence-electron chi connectivity index (χ3n) is 5.10. The number of nitrogens with one attached hydrogen (secondary N) is 1. The Morgan fingerprint density at radius 2 is 2.17 bits per heavy atom. The number of H-pyrrole nitrogens is 1. The summed E-state index contributed by atoms with van der Waals surface area (Å²) < 4.78 is 18.8. The van der Waals surface area contributed by atoms with Gasteiger partial charge in [0.1, 0.15) is 11.6 Å². The molecule has 29 heavy (non-hydrogen) atoms. The van der Waals surface area contributed by atoms with Gasteiger partial charge in [-0.05, 0) is 36.8 Å². The minimum atomic E-state index is -0.310. The molecular weight excluding hydrogens is 371 g/mol. The smallest absolute Gasteiger partial charge is 0.228 e. The molecule has 1 N–H and O–H groups in total. The van der Waals surface area contributed by atoms with Crippen LogP contribution >= 0.6 is 0 Å². The quantitative estimate of drug-likeness (QED) is 0.668. The molecule has 0 bridgehead atoms. The fourth-order valence-corrected chi connectivity index (χ4v) is 3.55. The van der Waals surface area contributed by atoms with Crippen molar-refractivity contribution in [1.29, 1.82) is 0 Å². The predicted octanol–water partition coefficient (Wildman–Crippen LogP) is 3.12. The molecule has 1 unspecified atom stereocenters. The first kappa shape index (κ1) is 19.1. The number of aromatic amines is 1. The summed E-state index contributed by atoms with van der Waals surface area (Å²) in [7, 11) is 0. The summed E-state index contributed by atoms with van der Waals surface area (Å²) >= 11 is 0. The van der Waals surface area contributed by atoms with E-state index in [9.17, 15) is 9.18 Å². The van der Waals surface area contributed by atoms with Crippen LogP contribution in [0.25, 0.3) is 0 Å². The summed E-state index contributed by atoms with van der Waals surface area (Å²) in [5.41, 5.74) is 2.73. The van der Waals surface area contributed by atoms with E-state index in [4.69, 9.17) is 4.74 Å². The van der Waals surface area contributed by atoms with E-state index in [0.717, 1.165) is 30.0 Å². The van der Waals surface area contributed by atoms with Crippen molar-refractivity contribution in [2.45, 2.75) is 25.2 Å². The first-order valence-electron chi connectivity index (χ1n) is 9.77. The number of carbonyl (C=O) groups is 1. The van der Waals surface area contributed by atoms with E-state index in [-0.39, 0.29) is 17.6 Å². The number of ether oxygens (including phenoxy) is 1. The van der Waals surface area contributed by atoms with Crippen LogP contribution in [-0.2, 0) is 17.6 Å². The van der Waals surface area contributed by atoms with Gasteiger partial charge in [-0.25, -0.2) is 4.39 Å². The summed E-state index contributed by atoms with van der Waals surface area (Å²) in [5, 5.41) is 7.47. The lowest BCUT2D eigenvalue weighted by atomic mass is 10.0. The lowest BCUT2D eigenvalue weighted by molar-refractivity contribution is -0.129. The van der Waals surface area contributed by atoms with Gasteiger partial charge in [-0.3, -0.25) is 14.9 Å². The number of pyridine rings is 1. The van der Waals surface area contributed by atoms with Crippen molar-refractivity contribution < 1.29 is 13.9 Å². The Balaban J connectivity index is 1.27. The average Bonchev–Trinajstić information content (AvgIpc) is 3.38. The second-order valence-corrected chi connectivity index (χ2v) is 7.20. The van der Waals surface area contributed by atoms with Crippen molar-refractivity contribution >= 4 is 5.91 Å². The molecule has 0 spiro atoms. The zero-order valence-electron chi connectivity index (χ0n) is 16.1. The molecule has 1 saturated heterocycles. The number of hydrogen-bond acceptors (Lipinski definition) is 4. The number of carbonyl (C=O) groups excluding carboxylic acids is 1. The third kappa shape index (κ3) is 4.99. The molecule has 7 heteroatoms. The van der Waals surface area contributed by atoms with Crippen LogP contribution < -0.4 is 4.74 Å². The standard InChI is InChI=1S/C22H23FN4O2/c23-17-4-3-6-20(12-17)29-11-8-19-13-21(26-25-19)16-7-10-27(15-16)22(28)14-18-5-1-2-9-24-18/h1-6,9,12-13,16H,7-8,10-11,14-15H2,(H,25,26). The van der Waals surface area contributed by atoms with Crippen LogP contribution in [0.15, 0.2) is 54.7 Å². The maximum Gasteiger partial charge on any atom is 0.228 e. The van der Waals surface area contributed by atoms with Gasteiger partial charge < -0.3 is 9.64 Å². The highest BCUT2D eigenvalue weighted by atomic mass is 19.1. The van der Waals surface area contributed by atoms with Gasteiger partial charge in [-0.1, -0.05) is 12.1 Å². The summed E-state index contributed by atoms with van der Waals surface area (Å²) in [6, 6.07) is 13.8. The Labute approximate surface area is 168 Å². The van der Waals surface area contributed by atoms with Crippen LogP contribution in [0.1, 0.15) is 29.4 Å². The summed E-state index contributed by atoms with van der Waals surface area (Å²) in [5.74, 6) is 0.541. The zero-order valence-corrected chi connectivity index (χ0v) is 16.1. The molecule has 1 fully saturated rings. The Morgan fingerprint density at radius 3 is 3.00 bits per heavy atom. The van der Waals surface area contributed by atoms with Gasteiger partial charge in [0.15, 0.2) is 0 Å². The number of benzene rings is 1. The molecule has 3 aromatic rings. The van der Waals surface area contributed by atoms with E-state index in [1.807, 2.05) is 29.2 Å². The maximum atomic E-state index is 13.2. The normalized spacial score (nSPS) is 16.2. The van der Waals surface area contributed by atoms with E-state index in [2.05, 4.69) is 15.2 Å². The van der Waals surface area contributed by atoms with Crippen molar-refractivity contribution in [2.75, 3.05) is 19.7 Å². The van der Waals surface area contributed by atoms with E-state index in [1.165, 1.54) is 12.1 Å². The maximum absolute atomic E-state index is 13.2. The van der Waals surface area contributed by atoms with Gasteiger partial charge in [-0.15, -0.1) is 0 Å². The van der Waals surface area contributed by atoms with Crippen LogP contribution in [-0.4, -0.2) is 45.7 Å². The zero-order chi connectivity index (χ0) is 20.1. The first-order valence-corrected chi connectivity index (χ1v) is 9.77. The Morgan fingerprint density at radius 1 is 1.24 bits per heavy atom. The van der Waals surface area contributed by atoms with Crippen LogP contribution in [0, 0.1) is 5.82 Å². The SMILES string of the molecule is O=C(Cc1ccccn1)N1CCC(c2cc(CCOc3cccc(F)c3)[nH]n2)C1. The Bertz CT molecular complexity index is 960. The number of hydrogen-bond donors (Lipinski definition) is 1. The minimum Gasteiger partial charge on any atom is -0.493 e. The van der Waals surface area contributed by atoms with Gasteiger partial charge in [0, 0.05) is 49.1 Å². The van der Waals surface area contributed by atoms with Gasteiger partial charge >= 0.3 is 0 Å². The van der Waals surface area contributed by atoms with Crippen molar-refractivity contribution in [3.63, 3.8) is 0 Å². The van der Waals surface area contributed by atoms with Gasteiger partial charge in [0.05, 0.1) is 18.7 Å². The molecule has 150 valence electrons. The molecule has 1 aliphatic rings. The van der Waals surface area contributed by atoms with Gasteiger partial charge in [0.25, 0.3) is 0 Å². The molecule has 1 amide bonds. The molecule has 1 aromatic carbocycles. The lowest BCUT2D eigenvalue weighted by Crippen LogP contribution is -2.30. The number of nitrogens with zero attached hydrogens (tertiary/aromatic N) is 3. The van der Waals surface area contributed by atoms with Crippen molar-refractivity contribution in [1.82, 2.24) is 20.1 Å². The highest BCUT2D eigenvalue weighted by Gasteiger charge is 2.29. The number of rotatable bonds is 7. The fourth-order valence-electron chi connectivity index (χ4n) is 3.55. The first-order chi connectivity index (χ1) is 14.2. The Hall–Kier alpha value is -3.22. The molecule has 6 nitrogen and oxygen atoms in total. The number of amides is 1. The highest BCUT2D eigenvalue weighted by Crippen LogP contribution is 2.26. The number of likely N-dealkylation sites (tertiary alicyclic amines) is 1. The topological polar surface area (TPSA) is 71.1 Å². The predicted molar refractivity (Wildman–Crippen MR) is 106 cm³/mol. The molecule has 3 heterocycles.